The van der Waals surface area contributed by atoms with Crippen LogP contribution in [0.5, 0.6) is 0 Å². The van der Waals surface area contributed by atoms with E-state index in [0.717, 1.165) is 16.9 Å². The summed E-state index contributed by atoms with van der Waals surface area (Å²) < 4.78 is 5.08. The van der Waals surface area contributed by atoms with E-state index in [4.69, 9.17) is 9.84 Å². The smallest absolute Gasteiger partial charge is 0.371 e. The Kier molecular flexibility index (Phi) is 5.14. The third-order valence-corrected chi connectivity index (χ3v) is 3.04. The number of ether oxygens (including phenoxy) is 1. The van der Waals surface area contributed by atoms with Gasteiger partial charge in [0, 0.05) is 24.5 Å². The number of anilines is 1. The Morgan fingerprint density at radius 1 is 1.36 bits per heavy atom. The number of nitrogens with zero attached hydrogens (tertiary/aromatic N) is 1. The van der Waals surface area contributed by atoms with E-state index >= 15 is 0 Å². The lowest BCUT2D eigenvalue weighted by Crippen LogP contribution is -2.04. The van der Waals surface area contributed by atoms with E-state index in [-0.39, 0.29) is 5.76 Å². The highest BCUT2D eigenvalue weighted by Crippen LogP contribution is 2.21. The van der Waals surface area contributed by atoms with Gasteiger partial charge in [0.2, 0.25) is 5.76 Å². The van der Waals surface area contributed by atoms with Crippen molar-refractivity contribution in [2.75, 3.05) is 19.0 Å². The molecule has 0 fully saturated rings. The number of rotatable bonds is 6. The highest BCUT2D eigenvalue weighted by molar-refractivity contribution is 5.89. The third kappa shape index (κ3) is 3.85. The van der Waals surface area contributed by atoms with Gasteiger partial charge in [-0.1, -0.05) is 18.2 Å². The molecule has 0 saturated heterocycles. The predicted molar refractivity (Wildman–Crippen MR) is 86.5 cm³/mol. The maximum Gasteiger partial charge on any atom is 0.371 e. The molecule has 1 heterocycles. The average Bonchev–Trinajstić information content (AvgIpc) is 2.55. The van der Waals surface area contributed by atoms with E-state index in [2.05, 4.69) is 10.3 Å². The summed E-state index contributed by atoms with van der Waals surface area (Å²) in [6.45, 7) is 2.05. The summed E-state index contributed by atoms with van der Waals surface area (Å²) in [5.74, 6) is -1.18. The van der Waals surface area contributed by atoms with Gasteiger partial charge in [0.25, 0.3) is 0 Å². The molecule has 0 radical (unpaired) electrons. The van der Waals surface area contributed by atoms with Gasteiger partial charge >= 0.3 is 5.97 Å². The molecule has 0 atom stereocenters. The molecule has 22 heavy (non-hydrogen) atoms. The van der Waals surface area contributed by atoms with Crippen LogP contribution in [0.2, 0.25) is 0 Å². The Morgan fingerprint density at radius 3 is 2.77 bits per heavy atom. The zero-order valence-electron chi connectivity index (χ0n) is 12.5. The fourth-order valence-corrected chi connectivity index (χ4v) is 1.97. The van der Waals surface area contributed by atoms with Gasteiger partial charge in [-0.15, -0.1) is 0 Å². The van der Waals surface area contributed by atoms with Crippen molar-refractivity contribution in [1.29, 1.82) is 0 Å². The van der Waals surface area contributed by atoms with Crippen molar-refractivity contribution in [3.8, 4) is 11.3 Å². The monoisotopic (exact) mass is 298 g/mol. The lowest BCUT2D eigenvalue weighted by Gasteiger charge is -2.06. The van der Waals surface area contributed by atoms with E-state index in [1.807, 2.05) is 43.4 Å². The predicted octanol–water partition coefficient (Wildman–Crippen LogP) is 3.25. The van der Waals surface area contributed by atoms with Gasteiger partial charge in [-0.3, -0.25) is 4.98 Å². The highest BCUT2D eigenvalue weighted by Gasteiger charge is 2.08. The number of hydrogen-bond acceptors (Lipinski definition) is 4. The maximum atomic E-state index is 11.0. The molecule has 1 aromatic carbocycles. The second-order valence-electron chi connectivity index (χ2n) is 4.55. The largest absolute Gasteiger partial charge is 0.487 e. The second kappa shape index (κ2) is 7.26. The number of carbonyl (C=O) groups is 1. The Balaban J connectivity index is 2.26. The zero-order valence-corrected chi connectivity index (χ0v) is 12.5. The van der Waals surface area contributed by atoms with Gasteiger partial charge in [0.15, 0.2) is 0 Å². The molecule has 0 aliphatic rings. The van der Waals surface area contributed by atoms with E-state index in [1.54, 1.807) is 13.1 Å². The number of carboxylic acids is 1. The molecule has 2 aromatic rings. The number of aliphatic carboxylic acids is 1. The minimum absolute atomic E-state index is 0.0887. The molecule has 114 valence electrons. The van der Waals surface area contributed by atoms with Crippen molar-refractivity contribution in [3.63, 3.8) is 0 Å². The molecule has 1 aromatic heterocycles. The number of benzene rings is 1. The molecule has 2 N–H and O–H groups in total. The molecule has 0 aliphatic carbocycles. The number of carboxylic acid groups (broad SMARTS) is 1. The summed E-state index contributed by atoms with van der Waals surface area (Å²) in [6.07, 6.45) is 3.09. The van der Waals surface area contributed by atoms with Crippen LogP contribution >= 0.6 is 0 Å². The lowest BCUT2D eigenvalue weighted by atomic mass is 10.1. The standard InChI is InChI=1S/C17H18N2O3/c1-3-22-16(17(20)21)9-12-7-8-15(19-11-12)13-5-4-6-14(10-13)18-2/h4-11,18H,3H2,1-2H3,(H,20,21)/b16-9-. The Morgan fingerprint density at radius 2 is 2.18 bits per heavy atom. The minimum Gasteiger partial charge on any atom is -0.487 e. The lowest BCUT2D eigenvalue weighted by molar-refractivity contribution is -0.136. The molecule has 0 unspecified atom stereocenters. The van der Waals surface area contributed by atoms with Crippen molar-refractivity contribution in [1.82, 2.24) is 4.98 Å². The summed E-state index contributed by atoms with van der Waals surface area (Å²) in [4.78, 5) is 15.4. The van der Waals surface area contributed by atoms with Gasteiger partial charge in [-0.05, 0) is 36.8 Å². The Labute approximate surface area is 129 Å². The number of hydrogen-bond donors (Lipinski definition) is 2. The number of pyridine rings is 1. The molecule has 5 heteroatoms. The average molecular weight is 298 g/mol. The maximum absolute atomic E-state index is 11.0. The van der Waals surface area contributed by atoms with Gasteiger partial charge in [0.1, 0.15) is 0 Å². The van der Waals surface area contributed by atoms with Gasteiger partial charge < -0.3 is 15.2 Å². The Hall–Kier alpha value is -2.82. The first-order valence-corrected chi connectivity index (χ1v) is 6.96. The second-order valence-corrected chi connectivity index (χ2v) is 4.55. The quantitative estimate of drug-likeness (QED) is 0.632. The molecule has 0 spiro atoms. The number of aromatic nitrogens is 1. The van der Waals surface area contributed by atoms with Crippen molar-refractivity contribution >= 4 is 17.7 Å². The molecule has 0 amide bonds. The van der Waals surface area contributed by atoms with Crippen LogP contribution in [0.3, 0.4) is 0 Å². The van der Waals surface area contributed by atoms with E-state index in [1.165, 1.54) is 6.08 Å². The molecular weight excluding hydrogens is 280 g/mol. The third-order valence-electron chi connectivity index (χ3n) is 3.04. The van der Waals surface area contributed by atoms with Crippen LogP contribution in [0.1, 0.15) is 12.5 Å². The van der Waals surface area contributed by atoms with Crippen molar-refractivity contribution in [2.45, 2.75) is 6.92 Å². The first-order chi connectivity index (χ1) is 10.6. The number of nitrogens with one attached hydrogen (secondary N) is 1. The molecule has 5 nitrogen and oxygen atoms in total. The fourth-order valence-electron chi connectivity index (χ4n) is 1.97. The van der Waals surface area contributed by atoms with Crippen LogP contribution in [0.4, 0.5) is 5.69 Å². The van der Waals surface area contributed by atoms with E-state index in [9.17, 15) is 4.79 Å². The van der Waals surface area contributed by atoms with Crippen LogP contribution in [-0.2, 0) is 9.53 Å². The molecule has 0 bridgehead atoms. The molecule has 2 rings (SSSR count). The van der Waals surface area contributed by atoms with Crippen molar-refractivity contribution < 1.29 is 14.6 Å². The summed E-state index contributed by atoms with van der Waals surface area (Å²) in [5.41, 5.74) is 3.50. The van der Waals surface area contributed by atoms with Gasteiger partial charge in [-0.2, -0.15) is 0 Å². The first-order valence-electron chi connectivity index (χ1n) is 6.96. The topological polar surface area (TPSA) is 71.5 Å². The zero-order chi connectivity index (χ0) is 15.9. The van der Waals surface area contributed by atoms with E-state index in [0.29, 0.717) is 12.2 Å². The minimum atomic E-state index is -1.09. The van der Waals surface area contributed by atoms with Crippen LogP contribution in [0.25, 0.3) is 17.3 Å². The van der Waals surface area contributed by atoms with Crippen LogP contribution in [0.15, 0.2) is 48.4 Å². The Bertz CT molecular complexity index is 679. The van der Waals surface area contributed by atoms with Crippen molar-refractivity contribution in [3.05, 3.63) is 53.9 Å². The summed E-state index contributed by atoms with van der Waals surface area (Å²) in [7, 11) is 1.86. The summed E-state index contributed by atoms with van der Waals surface area (Å²) in [6, 6.07) is 11.6. The highest BCUT2D eigenvalue weighted by atomic mass is 16.5. The van der Waals surface area contributed by atoms with Crippen LogP contribution in [0, 0.1) is 0 Å². The molecule has 0 saturated carbocycles. The SMILES string of the molecule is CCO/C(=C\c1ccc(-c2cccc(NC)c2)nc1)C(=O)O. The van der Waals surface area contributed by atoms with Crippen LogP contribution in [-0.4, -0.2) is 29.7 Å². The normalized spacial score (nSPS) is 11.1. The van der Waals surface area contributed by atoms with Gasteiger partial charge in [-0.25, -0.2) is 4.79 Å². The summed E-state index contributed by atoms with van der Waals surface area (Å²) in [5, 5.41) is 12.1. The molecular formula is C17H18N2O3. The van der Waals surface area contributed by atoms with E-state index < -0.39 is 5.97 Å². The van der Waals surface area contributed by atoms with Crippen LogP contribution < -0.4 is 5.32 Å². The fraction of sp³-hybridized carbons (Fsp3) is 0.176. The summed E-state index contributed by atoms with van der Waals surface area (Å²) >= 11 is 0. The van der Waals surface area contributed by atoms with Crippen molar-refractivity contribution in [2.24, 2.45) is 0 Å². The molecule has 0 aliphatic heterocycles. The first kappa shape index (κ1) is 15.6. The van der Waals surface area contributed by atoms with Gasteiger partial charge in [0.05, 0.1) is 12.3 Å².